The molecule has 1 N–H and O–H groups in total. The predicted molar refractivity (Wildman–Crippen MR) is 85.6 cm³/mol. The average molecular weight is 309 g/mol. The minimum absolute atomic E-state index is 0.114. The highest BCUT2D eigenvalue weighted by Gasteiger charge is 2.15. The van der Waals surface area contributed by atoms with Crippen molar-refractivity contribution in [3.05, 3.63) is 36.4 Å². The molecular formula is C16H15N5O2. The molecule has 7 nitrogen and oxygen atoms in total. The quantitative estimate of drug-likeness (QED) is 0.615. The summed E-state index contributed by atoms with van der Waals surface area (Å²) >= 11 is 0. The third-order valence-electron chi connectivity index (χ3n) is 3.92. The van der Waals surface area contributed by atoms with E-state index in [2.05, 4.69) is 15.1 Å². The molecule has 0 aliphatic rings. The number of aryl methyl sites for hydroxylation is 2. The van der Waals surface area contributed by atoms with Crippen LogP contribution in [0.15, 0.2) is 30.7 Å². The highest BCUT2D eigenvalue weighted by molar-refractivity contribution is 5.87. The van der Waals surface area contributed by atoms with Gasteiger partial charge in [-0.2, -0.15) is 5.10 Å². The molecule has 0 bridgehead atoms. The van der Waals surface area contributed by atoms with Gasteiger partial charge in [0.15, 0.2) is 5.65 Å². The Morgan fingerprint density at radius 3 is 2.74 bits per heavy atom. The van der Waals surface area contributed by atoms with E-state index < -0.39 is 0 Å². The minimum Gasteiger partial charge on any atom is -0.496 e. The van der Waals surface area contributed by atoms with E-state index in [1.165, 1.54) is 0 Å². The smallest absolute Gasteiger partial charge is 0.219 e. The number of methoxy groups -OCH3 is 1. The molecule has 3 heterocycles. The normalized spacial score (nSPS) is 11.4. The first kappa shape index (κ1) is 13.6. The molecule has 4 aromatic rings. The second kappa shape index (κ2) is 4.70. The first-order valence-corrected chi connectivity index (χ1v) is 7.12. The van der Waals surface area contributed by atoms with Gasteiger partial charge < -0.3 is 9.84 Å². The zero-order valence-corrected chi connectivity index (χ0v) is 13.0. The SMILES string of the molecule is COc1cc2c(cc1-c1cnn(C)c1)ncc1nc(C)c(O)n12. The molecule has 0 radical (unpaired) electrons. The molecule has 4 rings (SSSR count). The monoisotopic (exact) mass is 309 g/mol. The number of fused-ring (bicyclic) bond motifs is 3. The summed E-state index contributed by atoms with van der Waals surface area (Å²) in [6.45, 7) is 1.76. The van der Waals surface area contributed by atoms with Crippen LogP contribution in [0, 0.1) is 6.92 Å². The van der Waals surface area contributed by atoms with Gasteiger partial charge in [-0.05, 0) is 13.0 Å². The minimum atomic E-state index is 0.114. The summed E-state index contributed by atoms with van der Waals surface area (Å²) in [6.07, 6.45) is 5.34. The molecule has 0 unspecified atom stereocenters. The van der Waals surface area contributed by atoms with E-state index in [-0.39, 0.29) is 5.88 Å². The van der Waals surface area contributed by atoms with Crippen molar-refractivity contribution in [3.63, 3.8) is 0 Å². The number of aromatic hydroxyl groups is 1. The molecule has 0 fully saturated rings. The van der Waals surface area contributed by atoms with Crippen LogP contribution in [-0.4, -0.2) is 36.4 Å². The van der Waals surface area contributed by atoms with Gasteiger partial charge in [0, 0.05) is 30.4 Å². The molecule has 3 aromatic heterocycles. The van der Waals surface area contributed by atoms with Gasteiger partial charge in [-0.3, -0.25) is 14.1 Å². The van der Waals surface area contributed by atoms with E-state index in [0.717, 1.165) is 22.2 Å². The topological polar surface area (TPSA) is 77.5 Å². The number of hydrogen-bond acceptors (Lipinski definition) is 5. The Labute approximate surface area is 131 Å². The van der Waals surface area contributed by atoms with Gasteiger partial charge in [0.1, 0.15) is 11.4 Å². The summed E-state index contributed by atoms with van der Waals surface area (Å²) < 4.78 is 8.94. The maximum Gasteiger partial charge on any atom is 0.219 e. The van der Waals surface area contributed by atoms with Crippen molar-refractivity contribution in [1.29, 1.82) is 0 Å². The number of aromatic nitrogens is 5. The van der Waals surface area contributed by atoms with Crippen LogP contribution in [-0.2, 0) is 7.05 Å². The first-order valence-electron chi connectivity index (χ1n) is 7.12. The predicted octanol–water partition coefficient (Wildman–Crippen LogP) is 2.31. The summed E-state index contributed by atoms with van der Waals surface area (Å²) in [5.41, 5.74) is 4.49. The van der Waals surface area contributed by atoms with Gasteiger partial charge in [-0.1, -0.05) is 0 Å². The van der Waals surface area contributed by atoms with Crippen LogP contribution >= 0.6 is 0 Å². The second-order valence-corrected chi connectivity index (χ2v) is 5.42. The maximum absolute atomic E-state index is 10.3. The zero-order valence-electron chi connectivity index (χ0n) is 13.0. The van der Waals surface area contributed by atoms with Gasteiger partial charge in [0.2, 0.25) is 5.88 Å². The van der Waals surface area contributed by atoms with Crippen LogP contribution in [0.25, 0.3) is 27.8 Å². The molecule has 7 heteroatoms. The number of nitrogens with zero attached hydrogens (tertiary/aromatic N) is 5. The van der Waals surface area contributed by atoms with Crippen molar-refractivity contribution >= 4 is 16.7 Å². The lowest BCUT2D eigenvalue weighted by molar-refractivity contribution is 0.416. The summed E-state index contributed by atoms with van der Waals surface area (Å²) in [7, 11) is 3.48. The van der Waals surface area contributed by atoms with E-state index in [1.54, 1.807) is 35.5 Å². The van der Waals surface area contributed by atoms with Crippen LogP contribution in [0.3, 0.4) is 0 Å². The largest absolute Gasteiger partial charge is 0.496 e. The molecule has 0 aliphatic heterocycles. The fraction of sp³-hybridized carbons (Fsp3) is 0.188. The number of benzene rings is 1. The molecule has 23 heavy (non-hydrogen) atoms. The third kappa shape index (κ3) is 1.93. The highest BCUT2D eigenvalue weighted by atomic mass is 16.5. The number of rotatable bonds is 2. The fourth-order valence-electron chi connectivity index (χ4n) is 2.79. The molecule has 1 aromatic carbocycles. The summed E-state index contributed by atoms with van der Waals surface area (Å²) in [5.74, 6) is 0.800. The summed E-state index contributed by atoms with van der Waals surface area (Å²) in [4.78, 5) is 8.75. The molecule has 0 aliphatic carbocycles. The van der Waals surface area contributed by atoms with Crippen LogP contribution in [0.1, 0.15) is 5.69 Å². The van der Waals surface area contributed by atoms with Crippen LogP contribution in [0.4, 0.5) is 0 Å². The van der Waals surface area contributed by atoms with E-state index in [1.807, 2.05) is 25.4 Å². The van der Waals surface area contributed by atoms with Crippen molar-refractivity contribution in [2.75, 3.05) is 7.11 Å². The third-order valence-corrected chi connectivity index (χ3v) is 3.92. The zero-order chi connectivity index (χ0) is 16.1. The number of hydrogen-bond donors (Lipinski definition) is 1. The number of ether oxygens (including phenoxy) is 1. The van der Waals surface area contributed by atoms with Gasteiger partial charge >= 0.3 is 0 Å². The number of imidazole rings is 1. The second-order valence-electron chi connectivity index (χ2n) is 5.42. The van der Waals surface area contributed by atoms with Gasteiger partial charge in [0.05, 0.1) is 30.5 Å². The lowest BCUT2D eigenvalue weighted by Crippen LogP contribution is -1.94. The molecule has 0 saturated heterocycles. The first-order chi connectivity index (χ1) is 11.1. The van der Waals surface area contributed by atoms with Gasteiger partial charge in [0.25, 0.3) is 0 Å². The lowest BCUT2D eigenvalue weighted by atomic mass is 10.1. The highest BCUT2D eigenvalue weighted by Crippen LogP contribution is 2.34. The summed E-state index contributed by atoms with van der Waals surface area (Å²) in [6, 6.07) is 3.79. The molecule has 0 atom stereocenters. The van der Waals surface area contributed by atoms with E-state index in [9.17, 15) is 5.11 Å². The van der Waals surface area contributed by atoms with Crippen LogP contribution in [0.2, 0.25) is 0 Å². The van der Waals surface area contributed by atoms with Crippen molar-refractivity contribution < 1.29 is 9.84 Å². The standard InChI is InChI=1S/C16H15N5O2/c1-9-16(22)21-13-5-14(23-3)11(10-6-18-20(2)8-10)4-12(13)17-7-15(21)19-9/h4-8,22H,1-3H3. The van der Waals surface area contributed by atoms with Crippen molar-refractivity contribution in [1.82, 2.24) is 24.1 Å². The van der Waals surface area contributed by atoms with Gasteiger partial charge in [-0.25, -0.2) is 4.98 Å². The lowest BCUT2D eigenvalue weighted by Gasteiger charge is -2.10. The van der Waals surface area contributed by atoms with Crippen molar-refractivity contribution in [3.8, 4) is 22.8 Å². The Hall–Kier alpha value is -3.09. The Morgan fingerprint density at radius 1 is 1.22 bits per heavy atom. The van der Waals surface area contributed by atoms with E-state index in [0.29, 0.717) is 17.1 Å². The van der Waals surface area contributed by atoms with Gasteiger partial charge in [-0.15, -0.1) is 0 Å². The van der Waals surface area contributed by atoms with Crippen molar-refractivity contribution in [2.45, 2.75) is 6.92 Å². The van der Waals surface area contributed by atoms with Crippen LogP contribution in [0.5, 0.6) is 11.6 Å². The summed E-state index contributed by atoms with van der Waals surface area (Å²) in [5, 5.41) is 14.5. The average Bonchev–Trinajstić information content (AvgIpc) is 3.10. The molecular weight excluding hydrogens is 294 g/mol. The maximum atomic E-state index is 10.3. The molecule has 0 amide bonds. The Bertz CT molecular complexity index is 1050. The Balaban J connectivity index is 2.08. The Kier molecular flexibility index (Phi) is 2.77. The Morgan fingerprint density at radius 2 is 2.04 bits per heavy atom. The molecule has 0 saturated carbocycles. The molecule has 116 valence electrons. The van der Waals surface area contributed by atoms with Crippen molar-refractivity contribution in [2.24, 2.45) is 7.05 Å². The van der Waals surface area contributed by atoms with Crippen LogP contribution < -0.4 is 4.74 Å². The van der Waals surface area contributed by atoms with E-state index >= 15 is 0 Å². The van der Waals surface area contributed by atoms with E-state index in [4.69, 9.17) is 4.74 Å². The molecule has 0 spiro atoms. The fourth-order valence-corrected chi connectivity index (χ4v) is 2.79.